The van der Waals surface area contributed by atoms with E-state index in [0.717, 1.165) is 5.75 Å². The van der Waals surface area contributed by atoms with E-state index in [1.165, 1.54) is 139 Å². The maximum Gasteiger partial charge on any atom is 0.126 e. The van der Waals surface area contributed by atoms with Gasteiger partial charge in [0.2, 0.25) is 0 Å². The van der Waals surface area contributed by atoms with Crippen molar-refractivity contribution in [3.63, 3.8) is 0 Å². The summed E-state index contributed by atoms with van der Waals surface area (Å²) in [6, 6.07) is 17.3. The van der Waals surface area contributed by atoms with Gasteiger partial charge in [-0.05, 0) is 30.0 Å². The first-order valence-corrected chi connectivity index (χ1v) is 14.6. The fourth-order valence-electron chi connectivity index (χ4n) is 5.01. The zero-order valence-electron chi connectivity index (χ0n) is 22.5. The summed E-state index contributed by atoms with van der Waals surface area (Å²) in [5.41, 5.74) is 3.89. The number of aryl methyl sites for hydroxylation is 1. The van der Waals surface area contributed by atoms with Crippen LogP contribution in [0, 0.1) is 0 Å². The molecule has 0 aromatic heterocycles. The second-order valence-electron chi connectivity index (χ2n) is 10.2. The standard InChI is InChI=1S/C33H52O/c1-3-4-5-6-7-8-9-10-11-12-13-14-15-16-17-18-19-20-24-30-25-23-26-31(29-30)32-27-21-22-28-33(32)34-2/h21-23,25-29H,3-20,24H2,1-2H3. The van der Waals surface area contributed by atoms with Gasteiger partial charge in [-0.1, -0.05) is 159 Å². The first-order valence-electron chi connectivity index (χ1n) is 14.6. The summed E-state index contributed by atoms with van der Waals surface area (Å²) < 4.78 is 5.54. The van der Waals surface area contributed by atoms with Gasteiger partial charge in [0.1, 0.15) is 5.75 Å². The lowest BCUT2D eigenvalue weighted by atomic mass is 9.99. The van der Waals surface area contributed by atoms with E-state index in [-0.39, 0.29) is 0 Å². The van der Waals surface area contributed by atoms with Gasteiger partial charge in [0, 0.05) is 5.56 Å². The van der Waals surface area contributed by atoms with Crippen molar-refractivity contribution in [2.75, 3.05) is 7.11 Å². The minimum atomic E-state index is 0.952. The van der Waals surface area contributed by atoms with Gasteiger partial charge in [0.15, 0.2) is 0 Å². The van der Waals surface area contributed by atoms with Crippen molar-refractivity contribution in [2.45, 2.75) is 129 Å². The quantitative estimate of drug-likeness (QED) is 0.167. The molecule has 0 spiro atoms. The number of methoxy groups -OCH3 is 1. The molecule has 0 aliphatic carbocycles. The van der Waals surface area contributed by atoms with Gasteiger partial charge in [-0.25, -0.2) is 0 Å². The van der Waals surface area contributed by atoms with Gasteiger partial charge in [-0.2, -0.15) is 0 Å². The zero-order valence-corrected chi connectivity index (χ0v) is 22.5. The fourth-order valence-corrected chi connectivity index (χ4v) is 5.01. The summed E-state index contributed by atoms with van der Waals surface area (Å²) in [4.78, 5) is 0. The number of unbranched alkanes of at least 4 members (excludes halogenated alkanes) is 17. The molecule has 0 N–H and O–H groups in total. The van der Waals surface area contributed by atoms with Crippen LogP contribution in [0.2, 0.25) is 0 Å². The van der Waals surface area contributed by atoms with Gasteiger partial charge in [-0.15, -0.1) is 0 Å². The van der Waals surface area contributed by atoms with Gasteiger partial charge >= 0.3 is 0 Å². The average molecular weight is 465 g/mol. The molecule has 0 aliphatic rings. The summed E-state index contributed by atoms with van der Waals surface area (Å²) >= 11 is 0. The van der Waals surface area contributed by atoms with Crippen LogP contribution in [0.4, 0.5) is 0 Å². The third-order valence-corrected chi connectivity index (χ3v) is 7.16. The normalized spacial score (nSPS) is 11.1. The first-order chi connectivity index (χ1) is 16.8. The second kappa shape index (κ2) is 19.5. The van der Waals surface area contributed by atoms with E-state index in [9.17, 15) is 0 Å². The lowest BCUT2D eigenvalue weighted by Gasteiger charge is -2.10. The van der Waals surface area contributed by atoms with E-state index in [1.54, 1.807) is 7.11 Å². The average Bonchev–Trinajstić information content (AvgIpc) is 2.88. The molecule has 2 rings (SSSR count). The lowest BCUT2D eigenvalue weighted by Crippen LogP contribution is -1.90. The highest BCUT2D eigenvalue weighted by Gasteiger charge is 2.05. The monoisotopic (exact) mass is 464 g/mol. The maximum absolute atomic E-state index is 5.54. The van der Waals surface area contributed by atoms with Gasteiger partial charge in [0.25, 0.3) is 0 Å². The van der Waals surface area contributed by atoms with Crippen molar-refractivity contribution in [1.82, 2.24) is 0 Å². The minimum absolute atomic E-state index is 0.952. The Hall–Kier alpha value is -1.76. The molecule has 0 radical (unpaired) electrons. The summed E-state index contributed by atoms with van der Waals surface area (Å²) in [5.74, 6) is 0.952. The Morgan fingerprint density at radius 2 is 1.03 bits per heavy atom. The number of hydrogen-bond donors (Lipinski definition) is 0. The van der Waals surface area contributed by atoms with Crippen molar-refractivity contribution < 1.29 is 4.74 Å². The Balaban J connectivity index is 1.41. The topological polar surface area (TPSA) is 9.23 Å². The SMILES string of the molecule is CCCCCCCCCCCCCCCCCCCCc1cccc(-c2ccccc2OC)c1. The van der Waals surface area contributed by atoms with Gasteiger partial charge in [-0.3, -0.25) is 0 Å². The Morgan fingerprint density at radius 1 is 0.529 bits per heavy atom. The van der Waals surface area contributed by atoms with Gasteiger partial charge < -0.3 is 4.74 Å². The highest BCUT2D eigenvalue weighted by Crippen LogP contribution is 2.30. The first kappa shape index (κ1) is 28.5. The third-order valence-electron chi connectivity index (χ3n) is 7.16. The number of para-hydroxylation sites is 1. The highest BCUT2D eigenvalue weighted by atomic mass is 16.5. The molecular weight excluding hydrogens is 412 g/mol. The van der Waals surface area contributed by atoms with Crippen LogP contribution < -0.4 is 4.74 Å². The van der Waals surface area contributed by atoms with E-state index < -0.39 is 0 Å². The molecular formula is C33H52O. The van der Waals surface area contributed by atoms with Crippen LogP contribution in [0.25, 0.3) is 11.1 Å². The van der Waals surface area contributed by atoms with Crippen LogP contribution in [-0.4, -0.2) is 7.11 Å². The largest absolute Gasteiger partial charge is 0.496 e. The fraction of sp³-hybridized carbons (Fsp3) is 0.636. The van der Waals surface area contributed by atoms with E-state index in [2.05, 4.69) is 43.3 Å². The van der Waals surface area contributed by atoms with Crippen LogP contribution in [0.15, 0.2) is 48.5 Å². The van der Waals surface area contributed by atoms with Crippen LogP contribution in [0.3, 0.4) is 0 Å². The molecule has 0 atom stereocenters. The minimum Gasteiger partial charge on any atom is -0.496 e. The second-order valence-corrected chi connectivity index (χ2v) is 10.2. The van der Waals surface area contributed by atoms with Crippen LogP contribution in [-0.2, 0) is 6.42 Å². The smallest absolute Gasteiger partial charge is 0.126 e. The van der Waals surface area contributed by atoms with Crippen molar-refractivity contribution in [2.24, 2.45) is 0 Å². The summed E-state index contributed by atoms with van der Waals surface area (Å²) in [6.07, 6.45) is 26.9. The van der Waals surface area contributed by atoms with Crippen LogP contribution in [0.5, 0.6) is 5.75 Å². The number of ether oxygens (including phenoxy) is 1. The predicted octanol–water partition coefficient (Wildman–Crippen LogP) is 10.9. The van der Waals surface area contributed by atoms with E-state index in [0.29, 0.717) is 0 Å². The van der Waals surface area contributed by atoms with Crippen LogP contribution >= 0.6 is 0 Å². The molecule has 190 valence electrons. The summed E-state index contributed by atoms with van der Waals surface area (Å²) in [7, 11) is 1.75. The van der Waals surface area contributed by atoms with E-state index in [4.69, 9.17) is 4.74 Å². The predicted molar refractivity (Wildman–Crippen MR) is 151 cm³/mol. The zero-order chi connectivity index (χ0) is 24.1. The summed E-state index contributed by atoms with van der Waals surface area (Å²) in [6.45, 7) is 2.30. The number of hydrogen-bond acceptors (Lipinski definition) is 1. The Morgan fingerprint density at radius 3 is 1.56 bits per heavy atom. The molecule has 0 aliphatic heterocycles. The number of rotatable bonds is 21. The number of benzene rings is 2. The molecule has 0 bridgehead atoms. The van der Waals surface area contributed by atoms with Crippen molar-refractivity contribution >= 4 is 0 Å². The molecule has 1 heteroatoms. The molecule has 2 aromatic rings. The van der Waals surface area contributed by atoms with Crippen LogP contribution in [0.1, 0.15) is 128 Å². The molecule has 34 heavy (non-hydrogen) atoms. The van der Waals surface area contributed by atoms with Crippen molar-refractivity contribution in [3.8, 4) is 16.9 Å². The Kier molecular flexibility index (Phi) is 16.4. The molecule has 0 unspecified atom stereocenters. The van der Waals surface area contributed by atoms with Crippen molar-refractivity contribution in [1.29, 1.82) is 0 Å². The molecule has 0 fully saturated rings. The molecule has 2 aromatic carbocycles. The van der Waals surface area contributed by atoms with E-state index in [1.807, 2.05) is 12.1 Å². The summed E-state index contributed by atoms with van der Waals surface area (Å²) in [5, 5.41) is 0. The van der Waals surface area contributed by atoms with Crippen molar-refractivity contribution in [3.05, 3.63) is 54.1 Å². The molecule has 0 heterocycles. The maximum atomic E-state index is 5.54. The lowest BCUT2D eigenvalue weighted by molar-refractivity contribution is 0.416. The molecule has 0 amide bonds. The van der Waals surface area contributed by atoms with E-state index >= 15 is 0 Å². The molecule has 1 nitrogen and oxygen atoms in total. The molecule has 0 saturated heterocycles. The Bertz CT molecular complexity index is 735. The Labute approximate surface area is 211 Å². The van der Waals surface area contributed by atoms with Gasteiger partial charge in [0.05, 0.1) is 7.11 Å². The highest BCUT2D eigenvalue weighted by molar-refractivity contribution is 5.70. The third kappa shape index (κ3) is 12.6. The molecule has 0 saturated carbocycles.